The van der Waals surface area contributed by atoms with Gasteiger partial charge in [0.2, 0.25) is 0 Å². The zero-order valence-electron chi connectivity index (χ0n) is 6.02. The lowest BCUT2D eigenvalue weighted by Gasteiger charge is -2.15. The highest BCUT2D eigenvalue weighted by atomic mass is 79.9. The molecule has 1 unspecified atom stereocenters. The minimum Gasteiger partial charge on any atom is -0.0922 e. The Kier molecular flexibility index (Phi) is 2.00. The van der Waals surface area contributed by atoms with Crippen LogP contribution in [0.15, 0.2) is 12.2 Å². The van der Waals surface area contributed by atoms with Gasteiger partial charge in [-0.2, -0.15) is 0 Å². The molecule has 1 heteroatoms. The number of allylic oxidation sites excluding steroid dienone is 2. The van der Waals surface area contributed by atoms with E-state index in [-0.39, 0.29) is 0 Å². The van der Waals surface area contributed by atoms with Gasteiger partial charge in [-0.15, -0.1) is 0 Å². The van der Waals surface area contributed by atoms with Gasteiger partial charge in [0.1, 0.15) is 0 Å². The van der Waals surface area contributed by atoms with Crippen LogP contribution in [-0.4, -0.2) is 5.33 Å². The molecular formula is C8H13Br. The lowest BCUT2D eigenvalue weighted by Crippen LogP contribution is -2.06. The summed E-state index contributed by atoms with van der Waals surface area (Å²) in [5.74, 6) is 0.778. The fourth-order valence-electron chi connectivity index (χ4n) is 1.31. The van der Waals surface area contributed by atoms with Crippen molar-refractivity contribution >= 4 is 15.9 Å². The van der Waals surface area contributed by atoms with Crippen LogP contribution < -0.4 is 0 Å². The molecule has 0 fully saturated rings. The molecule has 0 saturated carbocycles. The van der Waals surface area contributed by atoms with E-state index in [1.165, 1.54) is 6.42 Å². The zero-order chi connectivity index (χ0) is 6.91. The summed E-state index contributed by atoms with van der Waals surface area (Å²) in [6.07, 6.45) is 5.94. The van der Waals surface area contributed by atoms with Crippen molar-refractivity contribution in [2.45, 2.75) is 20.3 Å². The van der Waals surface area contributed by atoms with Crippen LogP contribution in [0.4, 0.5) is 0 Å². The highest BCUT2D eigenvalue weighted by molar-refractivity contribution is 9.09. The molecule has 52 valence electrons. The third-order valence-corrected chi connectivity index (χ3v) is 2.64. The van der Waals surface area contributed by atoms with E-state index in [1.807, 2.05) is 0 Å². The van der Waals surface area contributed by atoms with Gasteiger partial charge < -0.3 is 0 Å². The van der Waals surface area contributed by atoms with Crippen molar-refractivity contribution in [3.05, 3.63) is 12.2 Å². The molecule has 0 radical (unpaired) electrons. The van der Waals surface area contributed by atoms with E-state index in [0.717, 1.165) is 11.2 Å². The van der Waals surface area contributed by atoms with Crippen molar-refractivity contribution in [3.63, 3.8) is 0 Å². The third kappa shape index (κ3) is 1.82. The summed E-state index contributed by atoms with van der Waals surface area (Å²) in [6, 6.07) is 0. The lowest BCUT2D eigenvalue weighted by molar-refractivity contribution is 0.427. The minimum atomic E-state index is 0.457. The molecule has 0 amide bonds. The molecule has 1 rings (SSSR count). The summed E-state index contributed by atoms with van der Waals surface area (Å²) >= 11 is 3.48. The highest BCUT2D eigenvalue weighted by Crippen LogP contribution is 2.34. The maximum atomic E-state index is 3.48. The van der Waals surface area contributed by atoms with Crippen molar-refractivity contribution in [2.75, 3.05) is 5.33 Å². The number of rotatable bonds is 1. The number of hydrogen-bond acceptors (Lipinski definition) is 0. The highest BCUT2D eigenvalue weighted by Gasteiger charge is 2.23. The molecule has 0 spiro atoms. The second-order valence-corrected chi connectivity index (χ2v) is 4.11. The van der Waals surface area contributed by atoms with Crippen LogP contribution in [-0.2, 0) is 0 Å². The summed E-state index contributed by atoms with van der Waals surface area (Å²) in [6.45, 7) is 4.57. The zero-order valence-corrected chi connectivity index (χ0v) is 7.61. The Bertz CT molecular complexity index is 125. The molecule has 1 aliphatic carbocycles. The van der Waals surface area contributed by atoms with Crippen LogP contribution >= 0.6 is 15.9 Å². The van der Waals surface area contributed by atoms with Crippen molar-refractivity contribution in [1.29, 1.82) is 0 Å². The number of halogens is 1. The third-order valence-electron chi connectivity index (χ3n) is 1.81. The standard InChI is InChI=1S/C8H13Br/c1-8(2)4-3-7(5-8)6-9/h3-4,7H,5-6H2,1-2H3. The predicted octanol–water partition coefficient (Wildman–Crippen LogP) is 2.98. The maximum absolute atomic E-state index is 3.48. The maximum Gasteiger partial charge on any atom is 0.00946 e. The first-order chi connectivity index (χ1) is 4.14. The van der Waals surface area contributed by atoms with Gasteiger partial charge in [-0.25, -0.2) is 0 Å². The molecule has 0 N–H and O–H groups in total. The van der Waals surface area contributed by atoms with Crippen LogP contribution in [0, 0.1) is 11.3 Å². The van der Waals surface area contributed by atoms with Gasteiger partial charge in [0, 0.05) is 5.33 Å². The Balaban J connectivity index is 2.50. The van der Waals surface area contributed by atoms with Crippen LogP contribution in [0.1, 0.15) is 20.3 Å². The molecule has 0 saturated heterocycles. The Hall–Kier alpha value is 0.220. The Morgan fingerprint density at radius 3 is 2.56 bits per heavy atom. The average Bonchev–Trinajstić information content (AvgIpc) is 2.10. The van der Waals surface area contributed by atoms with Gasteiger partial charge in [-0.3, -0.25) is 0 Å². The fraction of sp³-hybridized carbons (Fsp3) is 0.750. The van der Waals surface area contributed by atoms with Gasteiger partial charge in [-0.05, 0) is 17.8 Å². The van der Waals surface area contributed by atoms with E-state index in [9.17, 15) is 0 Å². The van der Waals surface area contributed by atoms with E-state index < -0.39 is 0 Å². The molecule has 1 aliphatic rings. The first-order valence-electron chi connectivity index (χ1n) is 3.39. The van der Waals surface area contributed by atoms with Crippen LogP contribution in [0.25, 0.3) is 0 Å². The molecule has 9 heavy (non-hydrogen) atoms. The fourth-order valence-corrected chi connectivity index (χ4v) is 1.76. The SMILES string of the molecule is CC1(C)C=CC(CBr)C1. The number of alkyl halides is 1. The van der Waals surface area contributed by atoms with E-state index in [0.29, 0.717) is 5.41 Å². The molecule has 0 bridgehead atoms. The van der Waals surface area contributed by atoms with Crippen molar-refractivity contribution in [3.8, 4) is 0 Å². The summed E-state index contributed by atoms with van der Waals surface area (Å²) in [7, 11) is 0. The number of hydrogen-bond donors (Lipinski definition) is 0. The normalized spacial score (nSPS) is 31.2. The molecular weight excluding hydrogens is 176 g/mol. The Morgan fingerprint density at radius 2 is 2.33 bits per heavy atom. The molecule has 0 aromatic carbocycles. The van der Waals surface area contributed by atoms with E-state index in [4.69, 9.17) is 0 Å². The minimum absolute atomic E-state index is 0.457. The summed E-state index contributed by atoms with van der Waals surface area (Å²) in [4.78, 5) is 0. The molecule has 0 aliphatic heterocycles. The second-order valence-electron chi connectivity index (χ2n) is 3.47. The van der Waals surface area contributed by atoms with Crippen molar-refractivity contribution < 1.29 is 0 Å². The van der Waals surface area contributed by atoms with E-state index in [1.54, 1.807) is 0 Å². The van der Waals surface area contributed by atoms with Crippen LogP contribution in [0.5, 0.6) is 0 Å². The van der Waals surface area contributed by atoms with Crippen LogP contribution in [0.3, 0.4) is 0 Å². The van der Waals surface area contributed by atoms with Crippen LogP contribution in [0.2, 0.25) is 0 Å². The first-order valence-corrected chi connectivity index (χ1v) is 4.51. The molecule has 0 aromatic rings. The van der Waals surface area contributed by atoms with Gasteiger partial charge in [0.25, 0.3) is 0 Å². The monoisotopic (exact) mass is 188 g/mol. The summed E-state index contributed by atoms with van der Waals surface area (Å²) in [5, 5.41) is 1.12. The smallest absolute Gasteiger partial charge is 0.00946 e. The Labute approximate surface area is 65.5 Å². The largest absolute Gasteiger partial charge is 0.0922 e. The average molecular weight is 189 g/mol. The van der Waals surface area contributed by atoms with E-state index >= 15 is 0 Å². The molecule has 0 nitrogen and oxygen atoms in total. The lowest BCUT2D eigenvalue weighted by atomic mass is 9.91. The van der Waals surface area contributed by atoms with Gasteiger partial charge in [-0.1, -0.05) is 41.9 Å². The Morgan fingerprint density at radius 1 is 1.67 bits per heavy atom. The molecule has 1 atom stereocenters. The quantitative estimate of drug-likeness (QED) is 0.439. The van der Waals surface area contributed by atoms with Gasteiger partial charge in [0.15, 0.2) is 0 Å². The summed E-state index contributed by atoms with van der Waals surface area (Å²) in [5.41, 5.74) is 0.457. The first kappa shape index (κ1) is 7.33. The van der Waals surface area contributed by atoms with Gasteiger partial charge in [0.05, 0.1) is 0 Å². The van der Waals surface area contributed by atoms with Crippen molar-refractivity contribution in [1.82, 2.24) is 0 Å². The summed E-state index contributed by atoms with van der Waals surface area (Å²) < 4.78 is 0. The molecule has 0 heterocycles. The molecule has 0 aromatic heterocycles. The van der Waals surface area contributed by atoms with Gasteiger partial charge >= 0.3 is 0 Å². The van der Waals surface area contributed by atoms with E-state index in [2.05, 4.69) is 41.9 Å². The predicted molar refractivity (Wildman–Crippen MR) is 44.8 cm³/mol. The second kappa shape index (κ2) is 2.45. The van der Waals surface area contributed by atoms with Crippen molar-refractivity contribution in [2.24, 2.45) is 11.3 Å². The topological polar surface area (TPSA) is 0 Å².